The molecule has 0 bridgehead atoms. The monoisotopic (exact) mass is 237 g/mol. The van der Waals surface area contributed by atoms with E-state index < -0.39 is 0 Å². The molecule has 1 aromatic carbocycles. The Labute approximate surface area is 88.5 Å². The Morgan fingerprint density at radius 3 is 3.00 bits per heavy atom. The number of fused-ring (bicyclic) bond motifs is 1. The van der Waals surface area contributed by atoms with Gasteiger partial charge in [-0.2, -0.15) is 0 Å². The topological polar surface area (TPSA) is 0 Å². The standard InChI is InChI=1S/C12H14Br/c1-2-9-7-10-5-3-4-6-11(10)12(13)8-9/h5,7-8H,2-4,6H2,1H3. The van der Waals surface area contributed by atoms with Gasteiger partial charge in [0.1, 0.15) is 0 Å². The van der Waals surface area contributed by atoms with Gasteiger partial charge in [-0.05, 0) is 54.9 Å². The molecule has 0 amide bonds. The van der Waals surface area contributed by atoms with Gasteiger partial charge in [-0.25, -0.2) is 0 Å². The van der Waals surface area contributed by atoms with Crippen LogP contribution in [0.2, 0.25) is 0 Å². The van der Waals surface area contributed by atoms with Crippen molar-refractivity contribution in [1.29, 1.82) is 0 Å². The van der Waals surface area contributed by atoms with Crippen LogP contribution in [0, 0.1) is 6.42 Å². The quantitative estimate of drug-likeness (QED) is 0.696. The Bertz CT molecular complexity index is 315. The number of aryl methyl sites for hydroxylation is 1. The Morgan fingerprint density at radius 1 is 1.38 bits per heavy atom. The molecule has 1 aliphatic carbocycles. The highest BCUT2D eigenvalue weighted by Gasteiger charge is 2.12. The summed E-state index contributed by atoms with van der Waals surface area (Å²) in [6.07, 6.45) is 7.27. The number of halogens is 1. The van der Waals surface area contributed by atoms with Crippen molar-refractivity contribution in [2.75, 3.05) is 0 Å². The molecule has 0 aliphatic heterocycles. The fourth-order valence-electron chi connectivity index (χ4n) is 1.90. The van der Waals surface area contributed by atoms with E-state index in [0.29, 0.717) is 0 Å². The second-order valence-corrected chi connectivity index (χ2v) is 4.45. The first-order valence-electron chi connectivity index (χ1n) is 4.95. The molecule has 2 rings (SSSR count). The third-order valence-electron chi connectivity index (χ3n) is 2.69. The zero-order valence-electron chi connectivity index (χ0n) is 7.94. The SMILES string of the molecule is CCc1cc(Br)c2c(c1)[CH]CCC2. The van der Waals surface area contributed by atoms with Crippen LogP contribution in [0.25, 0.3) is 0 Å². The van der Waals surface area contributed by atoms with E-state index in [1.54, 1.807) is 0 Å². The second kappa shape index (κ2) is 3.83. The summed E-state index contributed by atoms with van der Waals surface area (Å²) in [6, 6.07) is 4.59. The van der Waals surface area contributed by atoms with Crippen LogP contribution in [0.5, 0.6) is 0 Å². The molecular weight excluding hydrogens is 224 g/mol. The lowest BCUT2D eigenvalue weighted by Crippen LogP contribution is -2.02. The van der Waals surface area contributed by atoms with Gasteiger partial charge in [0.15, 0.2) is 0 Å². The average Bonchev–Trinajstić information content (AvgIpc) is 2.18. The minimum absolute atomic E-state index is 1.12. The van der Waals surface area contributed by atoms with Gasteiger partial charge in [0.05, 0.1) is 0 Å². The maximum absolute atomic E-state index is 3.65. The van der Waals surface area contributed by atoms with Crippen molar-refractivity contribution in [3.05, 3.63) is 39.7 Å². The molecule has 13 heavy (non-hydrogen) atoms. The van der Waals surface area contributed by atoms with Crippen LogP contribution in [-0.2, 0) is 12.8 Å². The lowest BCUT2D eigenvalue weighted by Gasteiger charge is -2.18. The van der Waals surface area contributed by atoms with E-state index >= 15 is 0 Å². The van der Waals surface area contributed by atoms with E-state index in [2.05, 4.69) is 41.4 Å². The molecule has 0 N–H and O–H groups in total. The van der Waals surface area contributed by atoms with Gasteiger partial charge in [-0.15, -0.1) is 0 Å². The van der Waals surface area contributed by atoms with Gasteiger partial charge in [0.2, 0.25) is 0 Å². The predicted octanol–water partition coefficient (Wildman–Crippen LogP) is 3.90. The molecule has 0 atom stereocenters. The molecule has 1 heteroatoms. The molecule has 69 valence electrons. The molecule has 0 nitrogen and oxygen atoms in total. The molecule has 0 saturated heterocycles. The van der Waals surface area contributed by atoms with Gasteiger partial charge in [0, 0.05) is 4.47 Å². The summed E-state index contributed by atoms with van der Waals surface area (Å²) >= 11 is 3.65. The zero-order chi connectivity index (χ0) is 9.26. The molecule has 0 unspecified atom stereocenters. The first kappa shape index (κ1) is 9.26. The van der Waals surface area contributed by atoms with Crippen molar-refractivity contribution in [3.8, 4) is 0 Å². The number of hydrogen-bond donors (Lipinski definition) is 0. The summed E-state index contributed by atoms with van der Waals surface area (Å²) in [4.78, 5) is 0. The Balaban J connectivity index is 2.47. The summed E-state index contributed by atoms with van der Waals surface area (Å²) in [6.45, 7) is 2.21. The maximum atomic E-state index is 3.65. The normalized spacial score (nSPS) is 15.5. The number of rotatable bonds is 1. The molecule has 1 radical (unpaired) electrons. The average molecular weight is 238 g/mol. The summed E-state index contributed by atoms with van der Waals surface area (Å²) in [5.74, 6) is 0. The third kappa shape index (κ3) is 1.80. The van der Waals surface area contributed by atoms with Gasteiger partial charge in [-0.1, -0.05) is 28.9 Å². The fourth-order valence-corrected chi connectivity index (χ4v) is 2.62. The van der Waals surface area contributed by atoms with Crippen molar-refractivity contribution in [2.45, 2.75) is 32.6 Å². The first-order valence-corrected chi connectivity index (χ1v) is 5.75. The van der Waals surface area contributed by atoms with Crippen LogP contribution in [0.4, 0.5) is 0 Å². The van der Waals surface area contributed by atoms with E-state index in [-0.39, 0.29) is 0 Å². The van der Waals surface area contributed by atoms with E-state index in [9.17, 15) is 0 Å². The lowest BCUT2D eigenvalue weighted by molar-refractivity contribution is 0.770. The van der Waals surface area contributed by atoms with Crippen LogP contribution in [-0.4, -0.2) is 0 Å². The Hall–Kier alpha value is -0.300. The highest BCUT2D eigenvalue weighted by Crippen LogP contribution is 2.30. The van der Waals surface area contributed by atoms with Crippen molar-refractivity contribution in [1.82, 2.24) is 0 Å². The van der Waals surface area contributed by atoms with Crippen molar-refractivity contribution < 1.29 is 0 Å². The fraction of sp³-hybridized carbons (Fsp3) is 0.417. The largest absolute Gasteiger partial charge is 0.0613 e. The minimum atomic E-state index is 1.12. The molecule has 1 aliphatic rings. The molecule has 0 saturated carbocycles. The first-order chi connectivity index (χ1) is 6.31. The zero-order valence-corrected chi connectivity index (χ0v) is 9.52. The van der Waals surface area contributed by atoms with Crippen molar-refractivity contribution in [2.24, 2.45) is 0 Å². The van der Waals surface area contributed by atoms with Gasteiger partial charge in [-0.3, -0.25) is 0 Å². The van der Waals surface area contributed by atoms with Crippen LogP contribution >= 0.6 is 15.9 Å². The Kier molecular flexibility index (Phi) is 2.73. The third-order valence-corrected chi connectivity index (χ3v) is 3.40. The molecule has 1 aromatic rings. The smallest absolute Gasteiger partial charge is 0.0212 e. The molecular formula is C12H14Br. The van der Waals surface area contributed by atoms with Crippen molar-refractivity contribution in [3.63, 3.8) is 0 Å². The van der Waals surface area contributed by atoms with E-state index in [0.717, 1.165) is 6.42 Å². The predicted molar refractivity (Wildman–Crippen MR) is 59.9 cm³/mol. The van der Waals surface area contributed by atoms with E-state index in [1.165, 1.54) is 40.4 Å². The minimum Gasteiger partial charge on any atom is -0.0613 e. The van der Waals surface area contributed by atoms with Crippen LogP contribution in [0.15, 0.2) is 16.6 Å². The second-order valence-electron chi connectivity index (χ2n) is 3.60. The number of benzene rings is 1. The van der Waals surface area contributed by atoms with Gasteiger partial charge >= 0.3 is 0 Å². The highest BCUT2D eigenvalue weighted by atomic mass is 79.9. The molecule has 0 spiro atoms. The molecule has 0 aromatic heterocycles. The maximum Gasteiger partial charge on any atom is 0.0212 e. The van der Waals surface area contributed by atoms with E-state index in [1.807, 2.05) is 0 Å². The summed E-state index contributed by atoms with van der Waals surface area (Å²) in [5.41, 5.74) is 4.39. The summed E-state index contributed by atoms with van der Waals surface area (Å²) < 4.78 is 1.30. The van der Waals surface area contributed by atoms with Crippen LogP contribution < -0.4 is 0 Å². The van der Waals surface area contributed by atoms with Crippen LogP contribution in [0.1, 0.15) is 36.5 Å². The highest BCUT2D eigenvalue weighted by molar-refractivity contribution is 9.10. The van der Waals surface area contributed by atoms with Crippen molar-refractivity contribution >= 4 is 15.9 Å². The lowest BCUT2D eigenvalue weighted by atomic mass is 9.90. The van der Waals surface area contributed by atoms with Crippen LogP contribution in [0.3, 0.4) is 0 Å². The summed E-state index contributed by atoms with van der Waals surface area (Å²) in [7, 11) is 0. The van der Waals surface area contributed by atoms with Gasteiger partial charge in [0.25, 0.3) is 0 Å². The van der Waals surface area contributed by atoms with E-state index in [4.69, 9.17) is 0 Å². The molecule has 0 heterocycles. The Morgan fingerprint density at radius 2 is 2.23 bits per heavy atom. The summed E-state index contributed by atoms with van der Waals surface area (Å²) in [5, 5.41) is 0. The van der Waals surface area contributed by atoms with Gasteiger partial charge < -0.3 is 0 Å². The molecule has 0 fully saturated rings. The number of hydrogen-bond acceptors (Lipinski definition) is 0.